The highest BCUT2D eigenvalue weighted by atomic mass is 16.5. The lowest BCUT2D eigenvalue weighted by Gasteiger charge is -2.33. The fourth-order valence-electron chi connectivity index (χ4n) is 6.60. The molecule has 14 heteroatoms. The minimum absolute atomic E-state index is 0.0186. The number of amides is 1. The summed E-state index contributed by atoms with van der Waals surface area (Å²) in [5.74, 6) is -0.116. The SMILES string of the molecule is CCOC(=O)c1cc(C#N)c(N2CCC(CC(=O)Nc3ccccc3)CC2)nc1C.CCOC(=O)c1cc(C#N)c(N2CCC(CC(=O)O)CC2)nc1C. The number of ether oxygens (including phenoxy) is 2. The van der Waals surface area contributed by atoms with E-state index >= 15 is 0 Å². The van der Waals surface area contributed by atoms with E-state index in [1.54, 1.807) is 33.8 Å². The number of carbonyl (C=O) groups excluding carboxylic acids is 3. The largest absolute Gasteiger partial charge is 0.481 e. The van der Waals surface area contributed by atoms with Gasteiger partial charge in [-0.15, -0.1) is 0 Å². The smallest absolute Gasteiger partial charge is 0.340 e. The highest BCUT2D eigenvalue weighted by Gasteiger charge is 2.27. The Morgan fingerprint density at radius 2 is 1.19 bits per heavy atom. The van der Waals surface area contributed by atoms with Crippen molar-refractivity contribution in [3.05, 3.63) is 76.1 Å². The number of esters is 2. The molecule has 2 N–H and O–H groups in total. The van der Waals surface area contributed by atoms with Crippen LogP contribution in [0.4, 0.5) is 17.3 Å². The van der Waals surface area contributed by atoms with Gasteiger partial charge >= 0.3 is 17.9 Å². The molecule has 54 heavy (non-hydrogen) atoms. The summed E-state index contributed by atoms with van der Waals surface area (Å²) < 4.78 is 10.0. The van der Waals surface area contributed by atoms with Gasteiger partial charge in [0.25, 0.3) is 0 Å². The van der Waals surface area contributed by atoms with Gasteiger partial charge in [-0.05, 0) is 89.5 Å². The van der Waals surface area contributed by atoms with Gasteiger partial charge in [0.05, 0.1) is 46.9 Å². The maximum atomic E-state index is 12.3. The highest BCUT2D eigenvalue weighted by molar-refractivity contribution is 5.92. The summed E-state index contributed by atoms with van der Waals surface area (Å²) in [6.07, 6.45) is 3.82. The number of nitrogens with one attached hydrogen (secondary N) is 1. The van der Waals surface area contributed by atoms with Crippen LogP contribution in [0.15, 0.2) is 42.5 Å². The van der Waals surface area contributed by atoms with Gasteiger partial charge in [-0.3, -0.25) is 9.59 Å². The Labute approximate surface area is 315 Å². The van der Waals surface area contributed by atoms with Gasteiger partial charge in [0.15, 0.2) is 0 Å². The Morgan fingerprint density at radius 3 is 1.57 bits per heavy atom. The molecule has 0 bridgehead atoms. The molecule has 1 amide bonds. The van der Waals surface area contributed by atoms with E-state index in [-0.39, 0.29) is 37.4 Å². The lowest BCUT2D eigenvalue weighted by atomic mass is 9.93. The van der Waals surface area contributed by atoms with Crippen LogP contribution in [0.25, 0.3) is 0 Å². The summed E-state index contributed by atoms with van der Waals surface area (Å²) in [4.78, 5) is 60.1. The van der Waals surface area contributed by atoms with Crippen LogP contribution in [0.1, 0.15) is 95.6 Å². The molecule has 3 aromatic rings. The van der Waals surface area contributed by atoms with E-state index in [1.165, 1.54) is 6.07 Å². The third-order valence-electron chi connectivity index (χ3n) is 9.44. The fourth-order valence-corrected chi connectivity index (χ4v) is 6.60. The van der Waals surface area contributed by atoms with Gasteiger partial charge in [0, 0.05) is 44.7 Å². The second kappa shape index (κ2) is 19.7. The zero-order chi connectivity index (χ0) is 39.2. The van der Waals surface area contributed by atoms with E-state index in [4.69, 9.17) is 14.6 Å². The van der Waals surface area contributed by atoms with Crippen LogP contribution in [0.3, 0.4) is 0 Å². The highest BCUT2D eigenvalue weighted by Crippen LogP contribution is 2.29. The van der Waals surface area contributed by atoms with Crippen LogP contribution in [-0.2, 0) is 19.1 Å². The van der Waals surface area contributed by atoms with E-state index in [2.05, 4.69) is 32.3 Å². The van der Waals surface area contributed by atoms with Crippen molar-refractivity contribution in [1.82, 2.24) is 9.97 Å². The third-order valence-corrected chi connectivity index (χ3v) is 9.44. The topological polar surface area (TPSA) is 199 Å². The van der Waals surface area contributed by atoms with Crippen molar-refractivity contribution in [1.29, 1.82) is 10.5 Å². The first-order valence-electron chi connectivity index (χ1n) is 18.2. The number of hydrogen-bond donors (Lipinski definition) is 2. The predicted octanol–water partition coefficient (Wildman–Crippen LogP) is 5.81. The van der Waals surface area contributed by atoms with E-state index in [1.807, 2.05) is 35.2 Å². The molecule has 14 nitrogen and oxygen atoms in total. The number of aliphatic carboxylic acids is 1. The van der Waals surface area contributed by atoms with Gasteiger partial charge < -0.3 is 29.7 Å². The molecule has 0 atom stereocenters. The van der Waals surface area contributed by atoms with Crippen LogP contribution in [0.2, 0.25) is 0 Å². The summed E-state index contributed by atoms with van der Waals surface area (Å²) in [6.45, 7) is 10.2. The Morgan fingerprint density at radius 1 is 0.759 bits per heavy atom. The van der Waals surface area contributed by atoms with Crippen molar-refractivity contribution < 1.29 is 33.8 Å². The summed E-state index contributed by atoms with van der Waals surface area (Å²) in [6, 6.07) is 16.8. The molecule has 0 aliphatic carbocycles. The number of carboxylic acid groups (broad SMARTS) is 1. The van der Waals surface area contributed by atoms with Crippen LogP contribution in [0.5, 0.6) is 0 Å². The first-order chi connectivity index (χ1) is 26.0. The molecule has 1 aromatic carbocycles. The monoisotopic (exact) mass is 737 g/mol. The first-order valence-corrected chi connectivity index (χ1v) is 18.2. The average molecular weight is 738 g/mol. The maximum Gasteiger partial charge on any atom is 0.340 e. The summed E-state index contributed by atoms with van der Waals surface area (Å²) in [7, 11) is 0. The number of rotatable bonds is 11. The summed E-state index contributed by atoms with van der Waals surface area (Å²) in [5, 5.41) is 30.8. The second-order valence-corrected chi connectivity index (χ2v) is 13.2. The molecular formula is C40H47N7O7. The standard InChI is InChI=1S/C23H26N4O3.C17H21N3O4/c1-3-30-23(29)20-14-18(15-24)22(25-16(20)2)27-11-9-17(10-12-27)13-21(28)26-19-7-5-4-6-8-19;1-3-24-17(23)14-9-13(10-18)16(19-11(14)2)20-6-4-12(5-7-20)8-15(21)22/h4-8,14,17H,3,9-13H2,1-2H3,(H,26,28);9,12H,3-8H2,1-2H3,(H,21,22). The van der Waals surface area contributed by atoms with Crippen LogP contribution < -0.4 is 15.1 Å². The molecule has 2 fully saturated rings. The number of aryl methyl sites for hydroxylation is 2. The van der Waals surface area contributed by atoms with E-state index in [0.717, 1.165) is 31.4 Å². The molecule has 0 unspecified atom stereocenters. The number of para-hydroxylation sites is 1. The molecule has 2 aromatic heterocycles. The number of benzene rings is 1. The minimum Gasteiger partial charge on any atom is -0.481 e. The van der Waals surface area contributed by atoms with E-state index in [0.29, 0.717) is 77.9 Å². The summed E-state index contributed by atoms with van der Waals surface area (Å²) >= 11 is 0. The quantitative estimate of drug-likeness (QED) is 0.224. The summed E-state index contributed by atoms with van der Waals surface area (Å²) in [5.41, 5.74) is 3.20. The van der Waals surface area contributed by atoms with Gasteiger partial charge in [-0.25, -0.2) is 19.6 Å². The van der Waals surface area contributed by atoms with Gasteiger partial charge in [0.2, 0.25) is 5.91 Å². The molecule has 4 heterocycles. The van der Waals surface area contributed by atoms with Crippen molar-refractivity contribution >= 4 is 41.1 Å². The number of anilines is 3. The third kappa shape index (κ3) is 11.0. The number of aromatic nitrogens is 2. The van der Waals surface area contributed by atoms with E-state index < -0.39 is 17.9 Å². The van der Waals surface area contributed by atoms with Crippen LogP contribution in [-0.4, -0.2) is 78.3 Å². The van der Waals surface area contributed by atoms with Gasteiger partial charge in [0.1, 0.15) is 23.8 Å². The molecule has 5 rings (SSSR count). The molecule has 0 spiro atoms. The van der Waals surface area contributed by atoms with E-state index in [9.17, 15) is 29.7 Å². The zero-order valence-electron chi connectivity index (χ0n) is 31.3. The number of carboxylic acids is 1. The van der Waals surface area contributed by atoms with Gasteiger partial charge in [-0.2, -0.15) is 10.5 Å². The van der Waals surface area contributed by atoms with Crippen molar-refractivity contribution in [2.24, 2.45) is 11.8 Å². The molecule has 0 saturated carbocycles. The molecular weight excluding hydrogens is 690 g/mol. The van der Waals surface area contributed by atoms with Crippen LogP contribution >= 0.6 is 0 Å². The average Bonchev–Trinajstić information content (AvgIpc) is 3.16. The Bertz CT molecular complexity index is 1890. The van der Waals surface area contributed by atoms with Crippen molar-refractivity contribution in [2.75, 3.05) is 54.5 Å². The molecule has 0 radical (unpaired) electrons. The Hall–Kier alpha value is -6.02. The Kier molecular flexibility index (Phi) is 14.9. The molecule has 2 aliphatic heterocycles. The predicted molar refractivity (Wildman–Crippen MR) is 201 cm³/mol. The van der Waals surface area contributed by atoms with Crippen LogP contribution in [0, 0.1) is 48.3 Å². The lowest BCUT2D eigenvalue weighted by molar-refractivity contribution is -0.138. The lowest BCUT2D eigenvalue weighted by Crippen LogP contribution is -2.36. The number of nitriles is 2. The zero-order valence-corrected chi connectivity index (χ0v) is 31.3. The Balaban J connectivity index is 0.000000247. The fraction of sp³-hybridized carbons (Fsp3) is 0.450. The number of nitrogens with zero attached hydrogens (tertiary/aromatic N) is 6. The van der Waals surface area contributed by atoms with Crippen molar-refractivity contribution in [2.45, 2.75) is 66.2 Å². The van der Waals surface area contributed by atoms with Gasteiger partial charge in [-0.1, -0.05) is 18.2 Å². The minimum atomic E-state index is -0.779. The first kappa shape index (κ1) is 40.7. The number of hydrogen-bond acceptors (Lipinski definition) is 12. The second-order valence-electron chi connectivity index (χ2n) is 13.2. The normalized spacial score (nSPS) is 14.5. The van der Waals surface area contributed by atoms with Crippen molar-refractivity contribution in [3.8, 4) is 12.1 Å². The molecule has 2 aliphatic rings. The molecule has 284 valence electrons. The number of piperidine rings is 2. The van der Waals surface area contributed by atoms with Crippen molar-refractivity contribution in [3.63, 3.8) is 0 Å². The number of carbonyl (C=O) groups is 4. The molecule has 2 saturated heterocycles. The maximum absolute atomic E-state index is 12.3. The number of pyridine rings is 2.